The second kappa shape index (κ2) is 10.4. The molecule has 0 bridgehead atoms. The number of carbonyl (C=O) groups is 3. The van der Waals surface area contributed by atoms with E-state index in [9.17, 15) is 24.6 Å². The van der Waals surface area contributed by atoms with Crippen LogP contribution < -0.4 is 4.90 Å². The molecule has 2 aliphatic heterocycles. The summed E-state index contributed by atoms with van der Waals surface area (Å²) in [5.41, 5.74) is 0. The Morgan fingerprint density at radius 3 is 2.47 bits per heavy atom. The first-order valence-electron chi connectivity index (χ1n) is 13.0. The third-order valence-electron chi connectivity index (χ3n) is 7.71. The third-order valence-corrected chi connectivity index (χ3v) is 7.71. The predicted molar refractivity (Wildman–Crippen MR) is 138 cm³/mol. The molecule has 1 aromatic carbocycles. The van der Waals surface area contributed by atoms with Crippen LogP contribution in [0.25, 0.3) is 10.8 Å². The molecule has 1 unspecified atom stereocenters. The van der Waals surface area contributed by atoms with Crippen molar-refractivity contribution in [3.05, 3.63) is 24.3 Å². The van der Waals surface area contributed by atoms with Crippen LogP contribution in [0.1, 0.15) is 59.4 Å². The fourth-order valence-electron chi connectivity index (χ4n) is 5.61. The Bertz CT molecular complexity index is 1140. The molecule has 36 heavy (non-hydrogen) atoms. The predicted octanol–water partition coefficient (Wildman–Crippen LogP) is 3.46. The molecule has 9 heteroatoms. The minimum atomic E-state index is -1.05. The van der Waals surface area contributed by atoms with Crippen LogP contribution in [0.3, 0.4) is 0 Å². The van der Waals surface area contributed by atoms with Crippen molar-refractivity contribution in [2.45, 2.75) is 71.5 Å². The summed E-state index contributed by atoms with van der Waals surface area (Å²) in [6.07, 6.45) is 2.59. The van der Waals surface area contributed by atoms with Gasteiger partial charge in [0.1, 0.15) is 18.4 Å². The van der Waals surface area contributed by atoms with E-state index in [0.717, 1.165) is 23.0 Å². The van der Waals surface area contributed by atoms with Gasteiger partial charge in [0.05, 0.1) is 6.04 Å². The van der Waals surface area contributed by atoms with Gasteiger partial charge in [0, 0.05) is 42.4 Å². The highest BCUT2D eigenvalue weighted by Gasteiger charge is 2.41. The molecule has 0 saturated carbocycles. The summed E-state index contributed by atoms with van der Waals surface area (Å²) in [6, 6.07) is 6.96. The Morgan fingerprint density at radius 1 is 1.14 bits per heavy atom. The van der Waals surface area contributed by atoms with Crippen LogP contribution in [0.15, 0.2) is 24.3 Å². The molecule has 3 heterocycles. The lowest BCUT2D eigenvalue weighted by Gasteiger charge is -2.36. The number of amides is 2. The van der Waals surface area contributed by atoms with E-state index in [1.165, 1.54) is 4.90 Å². The van der Waals surface area contributed by atoms with E-state index in [0.29, 0.717) is 32.4 Å². The number of benzene rings is 1. The zero-order valence-corrected chi connectivity index (χ0v) is 21.7. The maximum atomic E-state index is 13.7. The fraction of sp³-hybridized carbons (Fsp3) is 0.593. The number of fused-ring (bicyclic) bond motifs is 3. The number of rotatable bonds is 8. The Hall–Kier alpha value is -3.23. The Balaban J connectivity index is 1.74. The first-order chi connectivity index (χ1) is 17.1. The smallest absolute Gasteiger partial charge is 0.323 e. The average Bonchev–Trinajstić information content (AvgIpc) is 3.30. The number of aromatic hydroxyl groups is 1. The minimum Gasteiger partial charge on any atom is -0.494 e. The van der Waals surface area contributed by atoms with Gasteiger partial charge >= 0.3 is 5.97 Å². The normalized spacial score (nSPS) is 21.1. The van der Waals surface area contributed by atoms with E-state index < -0.39 is 12.0 Å². The van der Waals surface area contributed by atoms with Gasteiger partial charge in [-0.1, -0.05) is 32.0 Å². The van der Waals surface area contributed by atoms with Gasteiger partial charge in [-0.3, -0.25) is 19.0 Å². The van der Waals surface area contributed by atoms with Crippen molar-refractivity contribution < 1.29 is 24.6 Å². The summed E-state index contributed by atoms with van der Waals surface area (Å²) in [5, 5.41) is 22.3. The SMILES string of the molecule is CCC(C)C(=O)N(C[C@@H]1CN(C(C)C)c2c3ccccc3c(O)n21)[C@H]1CCCCN(CC(=O)O)C1=O. The molecule has 2 aliphatic rings. The summed E-state index contributed by atoms with van der Waals surface area (Å²) in [5.74, 6) is -0.626. The number of aromatic nitrogens is 1. The number of hydrogen-bond acceptors (Lipinski definition) is 5. The molecule has 9 nitrogen and oxygen atoms in total. The number of aliphatic carboxylic acids is 1. The number of anilines is 1. The number of nitrogens with zero attached hydrogens (tertiary/aromatic N) is 4. The topological polar surface area (TPSA) is 106 Å². The van der Waals surface area contributed by atoms with Gasteiger partial charge in [-0.2, -0.15) is 0 Å². The van der Waals surface area contributed by atoms with Crippen LogP contribution in [0, 0.1) is 5.92 Å². The molecule has 2 aromatic rings. The molecule has 1 fully saturated rings. The zero-order chi connectivity index (χ0) is 26.1. The Morgan fingerprint density at radius 2 is 1.83 bits per heavy atom. The van der Waals surface area contributed by atoms with Crippen LogP contribution in [0.5, 0.6) is 5.88 Å². The Kier molecular flexibility index (Phi) is 7.47. The van der Waals surface area contributed by atoms with E-state index >= 15 is 0 Å². The molecule has 2 amide bonds. The number of carbonyl (C=O) groups excluding carboxylic acids is 2. The van der Waals surface area contributed by atoms with E-state index in [4.69, 9.17) is 0 Å². The number of hydrogen-bond donors (Lipinski definition) is 2. The van der Waals surface area contributed by atoms with Crippen LogP contribution in [-0.4, -0.2) is 80.6 Å². The monoisotopic (exact) mass is 498 g/mol. The summed E-state index contributed by atoms with van der Waals surface area (Å²) in [6.45, 7) is 8.92. The van der Waals surface area contributed by atoms with Crippen LogP contribution in [0.2, 0.25) is 0 Å². The molecular weight excluding hydrogens is 460 g/mol. The van der Waals surface area contributed by atoms with Gasteiger partial charge < -0.3 is 24.9 Å². The number of carboxylic acid groups (broad SMARTS) is 1. The molecular formula is C27H38N4O5. The maximum absolute atomic E-state index is 13.7. The largest absolute Gasteiger partial charge is 0.494 e. The van der Waals surface area contributed by atoms with E-state index in [2.05, 4.69) is 18.7 Å². The summed E-state index contributed by atoms with van der Waals surface area (Å²) >= 11 is 0. The molecule has 4 rings (SSSR count). The van der Waals surface area contributed by atoms with Gasteiger partial charge in [-0.05, 0) is 45.6 Å². The van der Waals surface area contributed by atoms with Crippen molar-refractivity contribution in [3.8, 4) is 5.88 Å². The molecule has 1 saturated heterocycles. The van der Waals surface area contributed by atoms with Crippen molar-refractivity contribution in [1.29, 1.82) is 0 Å². The maximum Gasteiger partial charge on any atom is 0.323 e. The van der Waals surface area contributed by atoms with Crippen molar-refractivity contribution in [1.82, 2.24) is 14.4 Å². The molecule has 0 spiro atoms. The minimum absolute atomic E-state index is 0.103. The highest BCUT2D eigenvalue weighted by atomic mass is 16.4. The summed E-state index contributed by atoms with van der Waals surface area (Å²) in [7, 11) is 0. The highest BCUT2D eigenvalue weighted by molar-refractivity contribution is 5.99. The summed E-state index contributed by atoms with van der Waals surface area (Å²) in [4.78, 5) is 43.9. The second-order valence-corrected chi connectivity index (χ2v) is 10.4. The second-order valence-electron chi connectivity index (χ2n) is 10.4. The van der Waals surface area contributed by atoms with Crippen molar-refractivity contribution in [2.24, 2.45) is 5.92 Å². The van der Waals surface area contributed by atoms with Gasteiger partial charge in [-0.15, -0.1) is 0 Å². The van der Waals surface area contributed by atoms with E-state index in [1.54, 1.807) is 4.90 Å². The lowest BCUT2D eigenvalue weighted by Crippen LogP contribution is -2.53. The van der Waals surface area contributed by atoms with Crippen LogP contribution in [0.4, 0.5) is 5.82 Å². The van der Waals surface area contributed by atoms with Crippen molar-refractivity contribution >= 4 is 34.4 Å². The van der Waals surface area contributed by atoms with Crippen LogP contribution in [-0.2, 0) is 14.4 Å². The lowest BCUT2D eigenvalue weighted by molar-refractivity contribution is -0.151. The van der Waals surface area contributed by atoms with E-state index in [1.807, 2.05) is 42.7 Å². The molecule has 3 atom stereocenters. The first-order valence-corrected chi connectivity index (χ1v) is 13.0. The summed E-state index contributed by atoms with van der Waals surface area (Å²) < 4.78 is 1.91. The first kappa shape index (κ1) is 25.9. The zero-order valence-electron chi connectivity index (χ0n) is 21.7. The molecule has 196 valence electrons. The van der Waals surface area contributed by atoms with Gasteiger partial charge in [0.25, 0.3) is 0 Å². The third kappa shape index (κ3) is 4.63. The highest BCUT2D eigenvalue weighted by Crippen LogP contribution is 2.45. The van der Waals surface area contributed by atoms with Gasteiger partial charge in [0.2, 0.25) is 17.7 Å². The van der Waals surface area contributed by atoms with E-state index in [-0.39, 0.29) is 48.8 Å². The van der Waals surface area contributed by atoms with Gasteiger partial charge in [-0.25, -0.2) is 0 Å². The van der Waals surface area contributed by atoms with Crippen molar-refractivity contribution in [2.75, 3.05) is 31.1 Å². The molecule has 1 aromatic heterocycles. The standard InChI is InChI=1S/C27H38N4O5/c1-5-18(4)25(34)30(22-12-8-9-13-28(27(22)36)16-23(32)33)15-19-14-29(17(2)3)24-20-10-6-7-11-21(20)26(35)31(19)24/h6-7,10-11,17-19,22,35H,5,8-9,12-16H2,1-4H3,(H,32,33)/t18?,19-,22-/m0/s1. The lowest BCUT2D eigenvalue weighted by atomic mass is 10.0. The average molecular weight is 499 g/mol. The van der Waals surface area contributed by atoms with Crippen molar-refractivity contribution in [3.63, 3.8) is 0 Å². The Labute approximate surface area is 212 Å². The fourth-order valence-corrected chi connectivity index (χ4v) is 5.61. The number of likely N-dealkylation sites (tertiary alicyclic amines) is 1. The van der Waals surface area contributed by atoms with Crippen LogP contribution >= 0.6 is 0 Å². The molecule has 0 aliphatic carbocycles. The van der Waals surface area contributed by atoms with Gasteiger partial charge in [0.15, 0.2) is 0 Å². The number of carboxylic acids is 1. The quantitative estimate of drug-likeness (QED) is 0.577. The molecule has 0 radical (unpaired) electrons. The molecule has 2 N–H and O–H groups in total.